The maximum Gasteiger partial charge on any atom is 0.165 e. The summed E-state index contributed by atoms with van der Waals surface area (Å²) in [5.74, 6) is 1.11. The molecular formula is C33H43NO4. The number of carbonyl (C=O) groups excluding carboxylic acids is 2. The third-order valence-corrected chi connectivity index (χ3v) is 7.89. The van der Waals surface area contributed by atoms with Gasteiger partial charge in [-0.1, -0.05) is 59.4 Å². The highest BCUT2D eigenvalue weighted by atomic mass is 16.5. The number of nitrogens with zero attached hydrogens (tertiary/aromatic N) is 1. The van der Waals surface area contributed by atoms with Crippen LogP contribution in [0.15, 0.2) is 60.0 Å². The number of hydrogen-bond donors (Lipinski definition) is 0. The van der Waals surface area contributed by atoms with Crippen LogP contribution in [0.25, 0.3) is 0 Å². The van der Waals surface area contributed by atoms with Gasteiger partial charge < -0.3 is 14.4 Å². The first-order valence-corrected chi connectivity index (χ1v) is 13.8. The molecule has 0 amide bonds. The van der Waals surface area contributed by atoms with E-state index in [9.17, 15) is 9.59 Å². The van der Waals surface area contributed by atoms with E-state index >= 15 is 0 Å². The fourth-order valence-corrected chi connectivity index (χ4v) is 6.49. The minimum atomic E-state index is -0.411. The van der Waals surface area contributed by atoms with Gasteiger partial charge in [-0.3, -0.25) is 9.59 Å². The minimum Gasteiger partial charge on any atom is -0.493 e. The Kier molecular flexibility index (Phi) is 7.79. The third-order valence-electron chi connectivity index (χ3n) is 7.89. The van der Waals surface area contributed by atoms with Crippen LogP contribution in [-0.2, 0) is 16.0 Å². The van der Waals surface area contributed by atoms with E-state index in [2.05, 4.69) is 58.7 Å². The Bertz CT molecular complexity index is 1180. The number of rotatable bonds is 9. The molecule has 0 N–H and O–H groups in total. The van der Waals surface area contributed by atoms with Gasteiger partial charge in [-0.05, 0) is 48.1 Å². The van der Waals surface area contributed by atoms with Crippen molar-refractivity contribution in [2.75, 3.05) is 20.3 Å². The summed E-state index contributed by atoms with van der Waals surface area (Å²) in [5, 5.41) is 0. The Hall–Kier alpha value is -3.08. The van der Waals surface area contributed by atoms with Crippen molar-refractivity contribution in [3.05, 3.63) is 71.1 Å². The number of benzene rings is 1. The topological polar surface area (TPSA) is 55.8 Å². The molecule has 0 bridgehead atoms. The van der Waals surface area contributed by atoms with E-state index in [1.165, 1.54) is 0 Å². The summed E-state index contributed by atoms with van der Waals surface area (Å²) in [7, 11) is 1.62. The van der Waals surface area contributed by atoms with Crippen molar-refractivity contribution < 1.29 is 19.1 Å². The maximum atomic E-state index is 14.0. The van der Waals surface area contributed by atoms with Crippen LogP contribution < -0.4 is 9.47 Å². The average Bonchev–Trinajstić information content (AvgIpc) is 2.82. The van der Waals surface area contributed by atoms with Gasteiger partial charge >= 0.3 is 0 Å². The second kappa shape index (κ2) is 10.6. The second-order valence-corrected chi connectivity index (χ2v) is 12.5. The van der Waals surface area contributed by atoms with Crippen molar-refractivity contribution in [3.8, 4) is 11.5 Å². The van der Waals surface area contributed by atoms with E-state index < -0.39 is 5.92 Å². The molecule has 1 aliphatic heterocycles. The zero-order valence-corrected chi connectivity index (χ0v) is 24.0. The molecule has 1 heterocycles. The van der Waals surface area contributed by atoms with Gasteiger partial charge in [0.05, 0.1) is 7.11 Å². The lowest BCUT2D eigenvalue weighted by Crippen LogP contribution is -2.44. The molecule has 38 heavy (non-hydrogen) atoms. The molecule has 3 aliphatic rings. The molecular weight excluding hydrogens is 474 g/mol. The molecule has 5 heteroatoms. The first-order valence-electron chi connectivity index (χ1n) is 13.8. The predicted octanol–water partition coefficient (Wildman–Crippen LogP) is 7.08. The van der Waals surface area contributed by atoms with Gasteiger partial charge in [0.15, 0.2) is 23.1 Å². The molecule has 5 nitrogen and oxygen atoms in total. The van der Waals surface area contributed by atoms with E-state index in [0.29, 0.717) is 37.4 Å². The second-order valence-electron chi connectivity index (χ2n) is 12.5. The van der Waals surface area contributed by atoms with Crippen LogP contribution in [0.4, 0.5) is 0 Å². The molecule has 2 aliphatic carbocycles. The van der Waals surface area contributed by atoms with Gasteiger partial charge in [-0.15, -0.1) is 6.58 Å². The normalized spacial score (nSPS) is 20.7. The molecule has 1 aromatic rings. The Balaban J connectivity index is 2.02. The monoisotopic (exact) mass is 517 g/mol. The highest BCUT2D eigenvalue weighted by Crippen LogP contribution is 2.55. The van der Waals surface area contributed by atoms with Gasteiger partial charge in [0, 0.05) is 53.4 Å². The Morgan fingerprint density at radius 1 is 0.947 bits per heavy atom. The largest absolute Gasteiger partial charge is 0.493 e. The smallest absolute Gasteiger partial charge is 0.165 e. The van der Waals surface area contributed by atoms with E-state index in [1.54, 1.807) is 13.2 Å². The average molecular weight is 518 g/mol. The highest BCUT2D eigenvalue weighted by molar-refractivity contribution is 6.06. The van der Waals surface area contributed by atoms with Crippen LogP contribution in [0.3, 0.4) is 0 Å². The fourth-order valence-electron chi connectivity index (χ4n) is 6.49. The van der Waals surface area contributed by atoms with Crippen LogP contribution >= 0.6 is 0 Å². The van der Waals surface area contributed by atoms with E-state index in [1.807, 2.05) is 12.1 Å². The zero-order chi connectivity index (χ0) is 27.8. The van der Waals surface area contributed by atoms with Crippen molar-refractivity contribution in [1.82, 2.24) is 4.90 Å². The Morgan fingerprint density at radius 2 is 1.53 bits per heavy atom. The van der Waals surface area contributed by atoms with Crippen molar-refractivity contribution in [1.29, 1.82) is 0 Å². The molecule has 0 unspecified atom stereocenters. The number of hydrogen-bond acceptors (Lipinski definition) is 5. The van der Waals surface area contributed by atoms with Crippen LogP contribution in [0.5, 0.6) is 11.5 Å². The van der Waals surface area contributed by atoms with Gasteiger partial charge in [0.2, 0.25) is 0 Å². The number of Topliss-reactive ketones (excluding diaryl/α,β-unsaturated/α-hetero) is 2. The molecule has 204 valence electrons. The zero-order valence-electron chi connectivity index (χ0n) is 24.0. The third kappa shape index (κ3) is 5.12. The van der Waals surface area contributed by atoms with Crippen LogP contribution in [0.2, 0.25) is 0 Å². The number of carbonyl (C=O) groups is 2. The summed E-state index contributed by atoms with van der Waals surface area (Å²) >= 11 is 0. The number of ketones is 2. The Labute approximate surface area is 228 Å². The molecule has 0 saturated heterocycles. The van der Waals surface area contributed by atoms with Crippen molar-refractivity contribution >= 4 is 11.6 Å². The van der Waals surface area contributed by atoms with Crippen molar-refractivity contribution in [3.63, 3.8) is 0 Å². The molecule has 0 atom stereocenters. The number of methoxy groups -OCH3 is 1. The molecule has 0 aromatic heterocycles. The number of ether oxygens (including phenoxy) is 2. The van der Waals surface area contributed by atoms with E-state index in [-0.39, 0.29) is 22.4 Å². The maximum absolute atomic E-state index is 14.0. The number of allylic oxidation sites excluding steroid dienone is 5. The van der Waals surface area contributed by atoms with Gasteiger partial charge in [0.1, 0.15) is 6.61 Å². The molecule has 0 radical (unpaired) electrons. The lowest BCUT2D eigenvalue weighted by molar-refractivity contribution is -0.119. The molecule has 0 saturated carbocycles. The fraction of sp³-hybridized carbons (Fsp3) is 0.515. The van der Waals surface area contributed by atoms with Gasteiger partial charge in [-0.2, -0.15) is 0 Å². The van der Waals surface area contributed by atoms with Crippen LogP contribution in [-0.4, -0.2) is 36.7 Å². The molecule has 4 rings (SSSR count). The van der Waals surface area contributed by atoms with Gasteiger partial charge in [-0.25, -0.2) is 0 Å². The summed E-state index contributed by atoms with van der Waals surface area (Å²) in [5.41, 5.74) is 5.33. The quantitative estimate of drug-likeness (QED) is 0.328. The first kappa shape index (κ1) is 27.9. The molecule has 1 aromatic carbocycles. The Morgan fingerprint density at radius 3 is 2.00 bits per heavy atom. The first-order chi connectivity index (χ1) is 18.0. The predicted molar refractivity (Wildman–Crippen MR) is 152 cm³/mol. The van der Waals surface area contributed by atoms with Crippen LogP contribution in [0, 0.1) is 10.8 Å². The molecule has 0 spiro atoms. The summed E-state index contributed by atoms with van der Waals surface area (Å²) in [4.78, 5) is 30.3. The van der Waals surface area contributed by atoms with Gasteiger partial charge in [0.25, 0.3) is 0 Å². The molecule has 0 fully saturated rings. The highest BCUT2D eigenvalue weighted by Gasteiger charge is 2.49. The lowest BCUT2D eigenvalue weighted by atomic mass is 9.63. The standard InChI is InChI=1S/C33H43NO4/c1-9-12-21-15-22(16-27(37-8)31(21)38-14-11-3)28-29-23(17-32(4,5)19-25(29)35)34(13-10-2)24-18-33(6,7)20-26(36)30(24)28/h9,11,15-16,28H,1,3,10,12-14,17-20H2,2,4-8H3. The minimum absolute atomic E-state index is 0.132. The summed E-state index contributed by atoms with van der Waals surface area (Å²) in [6.07, 6.45) is 7.62. The van der Waals surface area contributed by atoms with Crippen molar-refractivity contribution in [2.24, 2.45) is 10.8 Å². The SMILES string of the molecule is C=CCOc1c(CC=C)cc(C2C3=C(CC(C)(C)CC3=O)N(CCC)C3=C2C(=O)CC(C)(C)C3)cc1OC. The summed E-state index contributed by atoms with van der Waals surface area (Å²) in [6.45, 7) is 19.7. The van der Waals surface area contributed by atoms with E-state index in [0.717, 1.165) is 59.5 Å². The summed E-state index contributed by atoms with van der Waals surface area (Å²) < 4.78 is 11.8. The van der Waals surface area contributed by atoms with Crippen LogP contribution in [0.1, 0.15) is 83.8 Å². The summed E-state index contributed by atoms with van der Waals surface area (Å²) in [6, 6.07) is 4.04. The van der Waals surface area contributed by atoms with Crippen molar-refractivity contribution in [2.45, 2.75) is 79.1 Å². The lowest BCUT2D eigenvalue weighted by Gasteiger charge is -2.49. The van der Waals surface area contributed by atoms with E-state index in [4.69, 9.17) is 9.47 Å².